The maximum Gasteiger partial charge on any atom is 0.418 e. The Hall–Kier alpha value is -3.32. The molecule has 13 heteroatoms. The molecule has 2 amide bonds. The van der Waals surface area contributed by atoms with Gasteiger partial charge in [-0.1, -0.05) is 0 Å². The van der Waals surface area contributed by atoms with Crippen LogP contribution in [0.25, 0.3) is 10.2 Å². The molecule has 0 fully saturated rings. The quantitative estimate of drug-likeness (QED) is 0.376. The van der Waals surface area contributed by atoms with Gasteiger partial charge in [-0.3, -0.25) is 10.3 Å². The van der Waals surface area contributed by atoms with E-state index in [-0.39, 0.29) is 5.13 Å². The Balaban J connectivity index is 1.32. The Kier molecular flexibility index (Phi) is 5.95. The molecule has 0 aromatic carbocycles. The number of thiophene rings is 1. The third kappa shape index (κ3) is 5.06. The zero-order valence-corrected chi connectivity index (χ0v) is 17.2. The van der Waals surface area contributed by atoms with E-state index < -0.39 is 23.5 Å². The predicted octanol–water partition coefficient (Wildman–Crippen LogP) is 4.86. The standard InChI is InChI=1S/C18H14F3N7OS2/c19-18(20,21)11-2-4-22-8-13(11)27-16(29)28-17-24-7-10(31-17)1-5-23-15-14-12(3-6-30-14)25-9-26-15/h2-4,6-9H,1,5H2,(H,23,25,26)(H2,24,27,28,29). The first-order valence-electron chi connectivity index (χ1n) is 8.86. The van der Waals surface area contributed by atoms with Crippen LogP contribution in [0.1, 0.15) is 10.4 Å². The SMILES string of the molecule is O=C(Nc1ncc(CCNc2ncnc3ccsc23)s1)Nc1cnccc1C(F)(F)F. The summed E-state index contributed by atoms with van der Waals surface area (Å²) in [4.78, 5) is 29.1. The number of carbonyl (C=O) groups is 1. The topological polar surface area (TPSA) is 105 Å². The molecule has 0 aliphatic carbocycles. The monoisotopic (exact) mass is 465 g/mol. The van der Waals surface area contributed by atoms with Crippen molar-refractivity contribution in [3.8, 4) is 0 Å². The van der Waals surface area contributed by atoms with Crippen molar-refractivity contribution in [2.24, 2.45) is 0 Å². The number of nitrogens with zero attached hydrogens (tertiary/aromatic N) is 4. The van der Waals surface area contributed by atoms with Crippen molar-refractivity contribution in [3.05, 3.63) is 52.9 Å². The molecule has 0 aliphatic heterocycles. The number of urea groups is 1. The molecule has 0 aliphatic rings. The Morgan fingerprint density at radius 2 is 1.97 bits per heavy atom. The zero-order valence-electron chi connectivity index (χ0n) is 15.6. The Morgan fingerprint density at radius 1 is 1.10 bits per heavy atom. The molecular formula is C18H14F3N7OS2. The third-order valence-electron chi connectivity index (χ3n) is 4.06. The largest absolute Gasteiger partial charge is 0.418 e. The van der Waals surface area contributed by atoms with Crippen LogP contribution in [0.15, 0.2) is 42.4 Å². The first-order chi connectivity index (χ1) is 14.9. The number of hydrogen-bond donors (Lipinski definition) is 3. The van der Waals surface area contributed by atoms with Crippen molar-refractivity contribution < 1.29 is 18.0 Å². The second-order valence-electron chi connectivity index (χ2n) is 6.16. The van der Waals surface area contributed by atoms with E-state index in [1.165, 1.54) is 17.7 Å². The molecule has 4 rings (SSSR count). The molecule has 4 heterocycles. The van der Waals surface area contributed by atoms with Crippen LogP contribution in [0.4, 0.5) is 34.6 Å². The molecule has 0 unspecified atom stereocenters. The number of halogens is 3. The van der Waals surface area contributed by atoms with Gasteiger partial charge in [0.2, 0.25) is 0 Å². The van der Waals surface area contributed by atoms with Crippen molar-refractivity contribution in [2.75, 3.05) is 22.5 Å². The molecule has 0 bridgehead atoms. The lowest BCUT2D eigenvalue weighted by atomic mass is 10.2. The molecule has 0 saturated carbocycles. The molecule has 0 atom stereocenters. The highest BCUT2D eigenvalue weighted by atomic mass is 32.1. The van der Waals surface area contributed by atoms with E-state index in [0.29, 0.717) is 13.0 Å². The summed E-state index contributed by atoms with van der Waals surface area (Å²) in [6.45, 7) is 0.586. The second-order valence-corrected chi connectivity index (χ2v) is 8.20. The van der Waals surface area contributed by atoms with Gasteiger partial charge in [0.25, 0.3) is 0 Å². The van der Waals surface area contributed by atoms with Gasteiger partial charge in [-0.25, -0.2) is 19.7 Å². The van der Waals surface area contributed by atoms with Crippen LogP contribution in [0.2, 0.25) is 0 Å². The van der Waals surface area contributed by atoms with E-state index in [2.05, 4.69) is 35.9 Å². The van der Waals surface area contributed by atoms with Crippen LogP contribution < -0.4 is 16.0 Å². The summed E-state index contributed by atoms with van der Waals surface area (Å²) < 4.78 is 40.0. The number of carbonyl (C=O) groups excluding carboxylic acids is 1. The zero-order chi connectivity index (χ0) is 21.8. The second kappa shape index (κ2) is 8.81. The van der Waals surface area contributed by atoms with Crippen LogP contribution in [0.3, 0.4) is 0 Å². The summed E-state index contributed by atoms with van der Waals surface area (Å²) in [6, 6.07) is 1.88. The summed E-state index contributed by atoms with van der Waals surface area (Å²) in [7, 11) is 0. The summed E-state index contributed by atoms with van der Waals surface area (Å²) in [6.07, 6.45) is 1.08. The normalized spacial score (nSPS) is 11.5. The fourth-order valence-corrected chi connectivity index (χ4v) is 4.31. The highest BCUT2D eigenvalue weighted by Gasteiger charge is 2.34. The van der Waals surface area contributed by atoms with Gasteiger partial charge >= 0.3 is 12.2 Å². The van der Waals surface area contributed by atoms with E-state index in [4.69, 9.17) is 0 Å². The number of hydrogen-bond acceptors (Lipinski definition) is 8. The van der Waals surface area contributed by atoms with E-state index in [1.807, 2.05) is 11.4 Å². The van der Waals surface area contributed by atoms with Crippen molar-refractivity contribution >= 4 is 55.6 Å². The number of rotatable bonds is 6. The molecule has 160 valence electrons. The molecule has 4 aromatic rings. The number of alkyl halides is 3. The number of thiazole rings is 1. The first-order valence-corrected chi connectivity index (χ1v) is 10.6. The Morgan fingerprint density at radius 3 is 2.81 bits per heavy atom. The van der Waals surface area contributed by atoms with Gasteiger partial charge in [-0.15, -0.1) is 22.7 Å². The van der Waals surface area contributed by atoms with Crippen molar-refractivity contribution in [1.82, 2.24) is 19.9 Å². The molecule has 0 spiro atoms. The number of fused-ring (bicyclic) bond motifs is 1. The van der Waals surface area contributed by atoms with Crippen LogP contribution in [0, 0.1) is 0 Å². The highest BCUT2D eigenvalue weighted by molar-refractivity contribution is 7.17. The van der Waals surface area contributed by atoms with E-state index in [1.54, 1.807) is 17.5 Å². The number of nitrogens with one attached hydrogen (secondary N) is 3. The van der Waals surface area contributed by atoms with Gasteiger partial charge in [0.1, 0.15) is 12.1 Å². The summed E-state index contributed by atoms with van der Waals surface area (Å²) in [5.41, 5.74) is -0.536. The third-order valence-corrected chi connectivity index (χ3v) is 5.94. The van der Waals surface area contributed by atoms with Gasteiger partial charge in [0.05, 0.1) is 27.7 Å². The average Bonchev–Trinajstić information content (AvgIpc) is 3.37. The lowest BCUT2D eigenvalue weighted by Gasteiger charge is -2.12. The molecule has 31 heavy (non-hydrogen) atoms. The van der Waals surface area contributed by atoms with Crippen molar-refractivity contribution in [3.63, 3.8) is 0 Å². The van der Waals surface area contributed by atoms with E-state index in [0.717, 1.165) is 39.4 Å². The number of aromatic nitrogens is 4. The van der Waals surface area contributed by atoms with Crippen LogP contribution in [-0.4, -0.2) is 32.5 Å². The summed E-state index contributed by atoms with van der Waals surface area (Å²) in [5, 5.41) is 10.1. The minimum absolute atomic E-state index is 0.271. The maximum atomic E-state index is 13.0. The Bertz CT molecular complexity index is 1210. The van der Waals surface area contributed by atoms with Gasteiger partial charge in [0.15, 0.2) is 5.13 Å². The summed E-state index contributed by atoms with van der Waals surface area (Å²) in [5.74, 6) is 0.749. The smallest absolute Gasteiger partial charge is 0.368 e. The van der Waals surface area contributed by atoms with Gasteiger partial charge in [-0.2, -0.15) is 13.2 Å². The minimum atomic E-state index is -4.61. The van der Waals surface area contributed by atoms with Gasteiger partial charge in [-0.05, 0) is 17.5 Å². The minimum Gasteiger partial charge on any atom is -0.368 e. The van der Waals surface area contributed by atoms with Crippen LogP contribution in [-0.2, 0) is 12.6 Å². The predicted molar refractivity (Wildman–Crippen MR) is 114 cm³/mol. The molecular weight excluding hydrogens is 451 g/mol. The highest BCUT2D eigenvalue weighted by Crippen LogP contribution is 2.34. The van der Waals surface area contributed by atoms with Crippen LogP contribution in [0.5, 0.6) is 0 Å². The number of amides is 2. The molecule has 4 aromatic heterocycles. The van der Waals surface area contributed by atoms with Gasteiger partial charge < -0.3 is 10.6 Å². The lowest BCUT2D eigenvalue weighted by molar-refractivity contribution is -0.137. The summed E-state index contributed by atoms with van der Waals surface area (Å²) >= 11 is 2.78. The average molecular weight is 465 g/mol. The molecule has 3 N–H and O–H groups in total. The van der Waals surface area contributed by atoms with Crippen molar-refractivity contribution in [2.45, 2.75) is 12.6 Å². The lowest BCUT2D eigenvalue weighted by Crippen LogP contribution is -2.21. The van der Waals surface area contributed by atoms with E-state index >= 15 is 0 Å². The number of pyridine rings is 1. The van der Waals surface area contributed by atoms with E-state index in [9.17, 15) is 18.0 Å². The maximum absolute atomic E-state index is 13.0. The Labute approximate surface area is 181 Å². The molecule has 0 radical (unpaired) electrons. The fraction of sp³-hybridized carbons (Fsp3) is 0.167. The van der Waals surface area contributed by atoms with Crippen LogP contribution >= 0.6 is 22.7 Å². The van der Waals surface area contributed by atoms with Gasteiger partial charge in [0, 0.05) is 30.2 Å². The first kappa shape index (κ1) is 20.9. The molecule has 0 saturated heterocycles. The fourth-order valence-electron chi connectivity index (χ4n) is 2.69. The number of anilines is 3. The van der Waals surface area contributed by atoms with Crippen molar-refractivity contribution in [1.29, 1.82) is 0 Å². The molecule has 8 nitrogen and oxygen atoms in total.